The van der Waals surface area contributed by atoms with Gasteiger partial charge in [0.15, 0.2) is 23.4 Å². The lowest BCUT2D eigenvalue weighted by molar-refractivity contribution is -0.146. The molecule has 0 spiro atoms. The summed E-state index contributed by atoms with van der Waals surface area (Å²) in [5.41, 5.74) is 0.211. The zero-order valence-corrected chi connectivity index (χ0v) is 20.4. The minimum absolute atomic E-state index is 0.0296. The first-order valence-electron chi connectivity index (χ1n) is 11.2. The highest BCUT2D eigenvalue weighted by Gasteiger charge is 2.44. The van der Waals surface area contributed by atoms with E-state index in [1.807, 2.05) is 0 Å². The predicted octanol–water partition coefficient (Wildman–Crippen LogP) is -2.90. The molecule has 1 aliphatic heterocycles. The number of aliphatic hydroxyl groups excluding tert-OH is 4. The first-order valence-corrected chi connectivity index (χ1v) is 11.2. The van der Waals surface area contributed by atoms with Crippen molar-refractivity contribution in [1.82, 2.24) is 28.8 Å². The van der Waals surface area contributed by atoms with Gasteiger partial charge in [0.2, 0.25) is 5.78 Å². The summed E-state index contributed by atoms with van der Waals surface area (Å²) in [6, 6.07) is -1.49. The number of carbonyl (C=O) groups excluding carboxylic acids is 2. The third-order valence-electron chi connectivity index (χ3n) is 6.44. The van der Waals surface area contributed by atoms with Crippen LogP contribution in [0, 0.1) is 6.92 Å². The van der Waals surface area contributed by atoms with Crippen LogP contribution < -0.4 is 10.9 Å². The highest BCUT2D eigenvalue weighted by Crippen LogP contribution is 2.31. The molecule has 0 aromatic carbocycles. The van der Waals surface area contributed by atoms with Crippen LogP contribution in [0.5, 0.6) is 0 Å². The number of aliphatic hydroxyl groups is 4. The molecule has 3 aromatic heterocycles. The number of aromatic nitrogens is 5. The average molecular weight is 524 g/mol. The molecular formula is C21H28N6O10. The molecule has 0 aliphatic carbocycles. The molecule has 5 N–H and O–H groups in total. The second kappa shape index (κ2) is 10.1. The van der Waals surface area contributed by atoms with Gasteiger partial charge in [-0.2, -0.15) is 0 Å². The number of rotatable bonds is 7. The summed E-state index contributed by atoms with van der Waals surface area (Å²) < 4.78 is 18.9. The van der Waals surface area contributed by atoms with Gasteiger partial charge in [-0.3, -0.25) is 13.9 Å². The van der Waals surface area contributed by atoms with Crippen molar-refractivity contribution in [2.75, 3.05) is 20.8 Å². The van der Waals surface area contributed by atoms with E-state index in [4.69, 9.17) is 4.74 Å². The standard InChI is InChI=1S/C21H28N6O10/c1-8-9(5-10(29)12(19(33)35-3)24-21(34)36-4)27-17(32)13-16(25(2)20(27)23-8)26(7-22-13)18-15(31)14(30)11(6-28)37-18/h7,10-12,14-15,18,28-31H,5-6H2,1-4H3,(H,24,34)/t10-,11-,12-,14-,15-,18-/m1/s1. The van der Waals surface area contributed by atoms with Gasteiger partial charge in [-0.25, -0.2) is 24.0 Å². The summed E-state index contributed by atoms with van der Waals surface area (Å²) in [6.45, 7) is 1.08. The summed E-state index contributed by atoms with van der Waals surface area (Å²) in [4.78, 5) is 46.0. The number of hydrogen-bond acceptors (Lipinski definition) is 12. The number of carbonyl (C=O) groups is 2. The Bertz CT molecular complexity index is 1400. The summed E-state index contributed by atoms with van der Waals surface area (Å²) in [6.07, 6.45) is -6.39. The second-order valence-electron chi connectivity index (χ2n) is 8.60. The second-order valence-corrected chi connectivity index (χ2v) is 8.60. The van der Waals surface area contributed by atoms with E-state index < -0.39 is 60.9 Å². The largest absolute Gasteiger partial charge is 0.467 e. The van der Waals surface area contributed by atoms with E-state index in [0.717, 1.165) is 14.2 Å². The average Bonchev–Trinajstić information content (AvgIpc) is 3.55. The Morgan fingerprint density at radius 3 is 2.54 bits per heavy atom. The van der Waals surface area contributed by atoms with Crippen LogP contribution in [0.4, 0.5) is 4.79 Å². The molecule has 0 saturated carbocycles. The Labute approximate surface area is 208 Å². The number of nitrogens with zero attached hydrogens (tertiary/aromatic N) is 5. The van der Waals surface area contributed by atoms with Gasteiger partial charge in [-0.1, -0.05) is 0 Å². The van der Waals surface area contributed by atoms with Crippen LogP contribution in [0.3, 0.4) is 0 Å². The molecule has 37 heavy (non-hydrogen) atoms. The molecule has 16 nitrogen and oxygen atoms in total. The smallest absolute Gasteiger partial charge is 0.407 e. The fourth-order valence-electron chi connectivity index (χ4n) is 4.50. The van der Waals surface area contributed by atoms with Crippen LogP contribution >= 0.6 is 0 Å². The molecule has 0 unspecified atom stereocenters. The maximum absolute atomic E-state index is 13.5. The maximum Gasteiger partial charge on any atom is 0.407 e. The van der Waals surface area contributed by atoms with Gasteiger partial charge >= 0.3 is 12.1 Å². The molecule has 3 aromatic rings. The zero-order chi connectivity index (χ0) is 27.2. The molecule has 202 valence electrons. The van der Waals surface area contributed by atoms with Crippen LogP contribution in [0.25, 0.3) is 16.9 Å². The van der Waals surface area contributed by atoms with Gasteiger partial charge in [0.05, 0.1) is 44.6 Å². The predicted molar refractivity (Wildman–Crippen MR) is 123 cm³/mol. The Hall–Kier alpha value is -3.57. The van der Waals surface area contributed by atoms with Crippen LogP contribution in [-0.4, -0.2) is 107 Å². The lowest BCUT2D eigenvalue weighted by atomic mass is 10.1. The number of amides is 1. The van der Waals surface area contributed by atoms with Gasteiger partial charge in [-0.05, 0) is 6.92 Å². The quantitative estimate of drug-likeness (QED) is 0.197. The lowest BCUT2D eigenvalue weighted by Crippen LogP contribution is -2.50. The molecule has 1 amide bonds. The SMILES string of the molecule is COC(=O)N[C@@H](C(=O)OC)[C@H](O)Cc1c(C)nc2n(C)c3c(ncn3[C@@H]3O[C@H](CO)[C@@H](O)[C@H]3O)c(=O)n12. The number of esters is 1. The molecule has 16 heteroatoms. The molecular weight excluding hydrogens is 496 g/mol. The van der Waals surface area contributed by atoms with Crippen LogP contribution in [0.2, 0.25) is 0 Å². The van der Waals surface area contributed by atoms with Crippen LogP contribution in [-0.2, 0) is 32.5 Å². The number of ether oxygens (including phenoxy) is 3. The van der Waals surface area contributed by atoms with Gasteiger partial charge in [-0.15, -0.1) is 0 Å². The minimum atomic E-state index is -1.51. The van der Waals surface area contributed by atoms with Crippen molar-refractivity contribution in [3.8, 4) is 0 Å². The number of alkyl carbamates (subject to hydrolysis) is 1. The van der Waals surface area contributed by atoms with Gasteiger partial charge in [0.25, 0.3) is 5.56 Å². The maximum atomic E-state index is 13.5. The van der Waals surface area contributed by atoms with Gasteiger partial charge < -0.3 is 40.0 Å². The van der Waals surface area contributed by atoms with Gasteiger partial charge in [0.1, 0.15) is 18.3 Å². The number of imidazole rings is 2. The summed E-state index contributed by atoms with van der Waals surface area (Å²) in [5.74, 6) is -0.766. The Kier molecular flexibility index (Phi) is 7.20. The normalized spacial score (nSPS) is 23.4. The van der Waals surface area contributed by atoms with Crippen LogP contribution in [0.15, 0.2) is 11.1 Å². The molecule has 1 aliphatic rings. The van der Waals surface area contributed by atoms with Crippen molar-refractivity contribution >= 4 is 29.0 Å². The number of nitrogens with one attached hydrogen (secondary N) is 1. The molecule has 0 radical (unpaired) electrons. The number of fused-ring (bicyclic) bond motifs is 2. The fourth-order valence-corrected chi connectivity index (χ4v) is 4.50. The summed E-state index contributed by atoms with van der Waals surface area (Å²) >= 11 is 0. The number of methoxy groups -OCH3 is 2. The van der Waals surface area contributed by atoms with Crippen molar-refractivity contribution in [2.24, 2.45) is 7.05 Å². The van der Waals surface area contributed by atoms with E-state index in [1.165, 1.54) is 19.9 Å². The third-order valence-corrected chi connectivity index (χ3v) is 6.44. The monoisotopic (exact) mass is 524 g/mol. The van der Waals surface area contributed by atoms with Crippen molar-refractivity contribution in [2.45, 2.75) is 50.0 Å². The van der Waals surface area contributed by atoms with E-state index >= 15 is 0 Å². The topological polar surface area (TPSA) is 212 Å². The Morgan fingerprint density at radius 1 is 1.24 bits per heavy atom. The third kappa shape index (κ3) is 4.31. The van der Waals surface area contributed by atoms with E-state index in [-0.39, 0.29) is 29.1 Å². The van der Waals surface area contributed by atoms with E-state index in [0.29, 0.717) is 5.69 Å². The van der Waals surface area contributed by atoms with Crippen molar-refractivity contribution < 1.29 is 44.2 Å². The molecule has 1 fully saturated rings. The molecule has 4 rings (SSSR count). The molecule has 0 bridgehead atoms. The van der Waals surface area contributed by atoms with Crippen molar-refractivity contribution in [3.05, 3.63) is 28.1 Å². The lowest BCUT2D eigenvalue weighted by Gasteiger charge is -2.21. The highest BCUT2D eigenvalue weighted by atomic mass is 16.6. The first-order chi connectivity index (χ1) is 17.5. The van der Waals surface area contributed by atoms with Crippen molar-refractivity contribution in [1.29, 1.82) is 0 Å². The van der Waals surface area contributed by atoms with Crippen LogP contribution in [0.1, 0.15) is 17.6 Å². The number of aryl methyl sites for hydroxylation is 2. The van der Waals surface area contributed by atoms with E-state index in [1.54, 1.807) is 14.0 Å². The summed E-state index contributed by atoms with van der Waals surface area (Å²) in [7, 11) is 3.79. The van der Waals surface area contributed by atoms with Gasteiger partial charge in [0, 0.05) is 13.5 Å². The fraction of sp³-hybridized carbons (Fsp3) is 0.571. The minimum Gasteiger partial charge on any atom is -0.467 e. The molecule has 1 saturated heterocycles. The zero-order valence-electron chi connectivity index (χ0n) is 20.4. The number of hydrogen-bond donors (Lipinski definition) is 5. The van der Waals surface area contributed by atoms with E-state index in [2.05, 4.69) is 24.8 Å². The first kappa shape index (κ1) is 26.5. The van der Waals surface area contributed by atoms with Crippen molar-refractivity contribution in [3.63, 3.8) is 0 Å². The molecule has 6 atom stereocenters. The highest BCUT2D eigenvalue weighted by molar-refractivity contribution is 5.82. The Balaban J connectivity index is 1.79. The van der Waals surface area contributed by atoms with E-state index in [9.17, 15) is 34.8 Å². The molecule has 4 heterocycles. The summed E-state index contributed by atoms with van der Waals surface area (Å²) in [5, 5.41) is 43.0. The Morgan fingerprint density at radius 2 is 1.95 bits per heavy atom.